The van der Waals surface area contributed by atoms with Crippen molar-refractivity contribution in [3.63, 3.8) is 0 Å². The van der Waals surface area contributed by atoms with E-state index in [0.29, 0.717) is 19.3 Å². The molecule has 1 unspecified atom stereocenters. The van der Waals surface area contributed by atoms with Crippen LogP contribution in [0.5, 0.6) is 0 Å². The van der Waals surface area contributed by atoms with Gasteiger partial charge >= 0.3 is 17.9 Å². The van der Waals surface area contributed by atoms with E-state index in [0.717, 1.165) is 116 Å². The maximum atomic E-state index is 12.9. The number of carbonyl (C=O) groups excluding carboxylic acids is 3. The molecule has 0 aliphatic carbocycles. The molecule has 0 saturated carbocycles. The molecule has 0 fully saturated rings. The van der Waals surface area contributed by atoms with Crippen molar-refractivity contribution in [1.82, 2.24) is 0 Å². The Morgan fingerprint density at radius 1 is 0.266 bits per heavy atom. The van der Waals surface area contributed by atoms with E-state index < -0.39 is 6.10 Å². The highest BCUT2D eigenvalue weighted by molar-refractivity contribution is 5.71. The number of unbranched alkanes of at least 4 members (excludes halogenated alkanes) is 34. The summed E-state index contributed by atoms with van der Waals surface area (Å²) in [5.74, 6) is -0.869. The molecule has 0 radical (unpaired) electrons. The molecular weight excluding hydrogens is 973 g/mol. The maximum Gasteiger partial charge on any atom is 0.306 e. The minimum absolute atomic E-state index is 0.0745. The Morgan fingerprint density at radius 3 is 0.772 bits per heavy atom. The molecule has 454 valence electrons. The van der Waals surface area contributed by atoms with Gasteiger partial charge in [-0.1, -0.05) is 323 Å². The fourth-order valence-electron chi connectivity index (χ4n) is 9.58. The van der Waals surface area contributed by atoms with Gasteiger partial charge < -0.3 is 14.2 Å². The van der Waals surface area contributed by atoms with Gasteiger partial charge in [0.1, 0.15) is 13.2 Å². The fraction of sp³-hybridized carbons (Fsp3) is 0.740. The van der Waals surface area contributed by atoms with Gasteiger partial charge in [0.05, 0.1) is 0 Å². The van der Waals surface area contributed by atoms with Crippen LogP contribution in [-0.4, -0.2) is 37.2 Å². The zero-order valence-electron chi connectivity index (χ0n) is 52.1. The SMILES string of the molecule is CC/C=C\C/C=C\C/C=C\C/C=C\C/C=C\C/C=C\C/C=C\C/C=C\CCCCCCCCCCC(=O)OCC(COC(=O)CCCCCCCCCCCCC)OC(=O)CCCCCCCCCCCCCCCCCCC. The number of hydrogen-bond acceptors (Lipinski definition) is 6. The molecule has 6 heteroatoms. The molecule has 0 aromatic rings. The Kier molecular flexibility index (Phi) is 63.7. The second-order valence-corrected chi connectivity index (χ2v) is 22.4. The number of allylic oxidation sites excluding steroid dienone is 16. The van der Waals surface area contributed by atoms with Crippen LogP contribution in [-0.2, 0) is 28.6 Å². The van der Waals surface area contributed by atoms with Gasteiger partial charge in [-0.3, -0.25) is 14.4 Å². The number of carbonyl (C=O) groups is 3. The van der Waals surface area contributed by atoms with E-state index in [9.17, 15) is 14.4 Å². The van der Waals surface area contributed by atoms with Crippen LogP contribution in [0, 0.1) is 0 Å². The summed E-state index contributed by atoms with van der Waals surface area (Å²) in [5.41, 5.74) is 0. The zero-order valence-corrected chi connectivity index (χ0v) is 52.1. The molecule has 0 spiro atoms. The van der Waals surface area contributed by atoms with Gasteiger partial charge in [0, 0.05) is 19.3 Å². The van der Waals surface area contributed by atoms with Crippen LogP contribution in [0.15, 0.2) is 97.2 Å². The highest BCUT2D eigenvalue weighted by atomic mass is 16.6. The molecule has 1 atom stereocenters. The molecule has 0 aromatic heterocycles. The van der Waals surface area contributed by atoms with E-state index in [4.69, 9.17) is 14.2 Å². The van der Waals surface area contributed by atoms with Gasteiger partial charge in [0.15, 0.2) is 6.10 Å². The lowest BCUT2D eigenvalue weighted by Gasteiger charge is -2.18. The summed E-state index contributed by atoms with van der Waals surface area (Å²) in [6, 6.07) is 0. The smallest absolute Gasteiger partial charge is 0.306 e. The van der Waals surface area contributed by atoms with Crippen LogP contribution >= 0.6 is 0 Å². The Hall–Kier alpha value is -3.67. The number of rotatable bonds is 61. The lowest BCUT2D eigenvalue weighted by molar-refractivity contribution is -0.167. The molecule has 0 aliphatic rings. The summed E-state index contributed by atoms with van der Waals surface area (Å²) in [4.78, 5) is 38.3. The van der Waals surface area contributed by atoms with Gasteiger partial charge in [0.25, 0.3) is 0 Å². The highest BCUT2D eigenvalue weighted by Gasteiger charge is 2.19. The first-order chi connectivity index (χ1) is 39.0. The third kappa shape index (κ3) is 65.0. The summed E-state index contributed by atoms with van der Waals surface area (Å²) in [7, 11) is 0. The van der Waals surface area contributed by atoms with Crippen LogP contribution in [0.2, 0.25) is 0 Å². The van der Waals surface area contributed by atoms with E-state index in [1.165, 1.54) is 173 Å². The molecular formula is C73H126O6. The van der Waals surface area contributed by atoms with Crippen molar-refractivity contribution in [2.75, 3.05) is 13.2 Å². The van der Waals surface area contributed by atoms with Crippen LogP contribution in [0.4, 0.5) is 0 Å². The number of esters is 3. The normalized spacial score (nSPS) is 12.7. The summed E-state index contributed by atoms with van der Waals surface area (Å²) in [6.45, 7) is 6.55. The summed E-state index contributed by atoms with van der Waals surface area (Å²) >= 11 is 0. The van der Waals surface area contributed by atoms with Crippen LogP contribution < -0.4 is 0 Å². The average Bonchev–Trinajstić information content (AvgIpc) is 3.45. The second-order valence-electron chi connectivity index (χ2n) is 22.4. The Balaban J connectivity index is 4.22. The van der Waals surface area contributed by atoms with Crippen molar-refractivity contribution in [3.8, 4) is 0 Å². The monoisotopic (exact) mass is 1100 g/mol. The van der Waals surface area contributed by atoms with Crippen LogP contribution in [0.25, 0.3) is 0 Å². The summed E-state index contributed by atoms with van der Waals surface area (Å²) < 4.78 is 16.9. The maximum absolute atomic E-state index is 12.9. The number of hydrogen-bond donors (Lipinski definition) is 0. The van der Waals surface area contributed by atoms with E-state index in [1.54, 1.807) is 0 Å². The van der Waals surface area contributed by atoms with Gasteiger partial charge in [-0.15, -0.1) is 0 Å². The summed E-state index contributed by atoms with van der Waals surface area (Å²) in [5, 5.41) is 0. The van der Waals surface area contributed by atoms with Crippen molar-refractivity contribution in [2.24, 2.45) is 0 Å². The van der Waals surface area contributed by atoms with Gasteiger partial charge in [0.2, 0.25) is 0 Å². The fourth-order valence-corrected chi connectivity index (χ4v) is 9.58. The van der Waals surface area contributed by atoms with Gasteiger partial charge in [-0.25, -0.2) is 0 Å². The lowest BCUT2D eigenvalue weighted by Crippen LogP contribution is -2.30. The largest absolute Gasteiger partial charge is 0.462 e. The van der Waals surface area contributed by atoms with Crippen molar-refractivity contribution in [2.45, 2.75) is 335 Å². The van der Waals surface area contributed by atoms with E-state index in [-0.39, 0.29) is 31.1 Å². The Labute approximate surface area is 489 Å². The minimum Gasteiger partial charge on any atom is -0.462 e. The van der Waals surface area contributed by atoms with E-state index in [1.807, 2.05) is 0 Å². The van der Waals surface area contributed by atoms with E-state index in [2.05, 4.69) is 118 Å². The number of ether oxygens (including phenoxy) is 3. The van der Waals surface area contributed by atoms with Crippen molar-refractivity contribution >= 4 is 17.9 Å². The van der Waals surface area contributed by atoms with Crippen molar-refractivity contribution in [3.05, 3.63) is 97.2 Å². The predicted octanol–water partition coefficient (Wildman–Crippen LogP) is 23.2. The quantitative estimate of drug-likeness (QED) is 0.0261. The van der Waals surface area contributed by atoms with Crippen molar-refractivity contribution in [1.29, 1.82) is 0 Å². The molecule has 0 rings (SSSR count). The molecule has 0 heterocycles. The Morgan fingerprint density at radius 2 is 0.494 bits per heavy atom. The Bertz CT molecular complexity index is 1540. The molecule has 0 aliphatic heterocycles. The van der Waals surface area contributed by atoms with Gasteiger partial charge in [-0.05, 0) is 83.5 Å². The first kappa shape index (κ1) is 75.3. The summed E-state index contributed by atoms with van der Waals surface area (Å²) in [6.07, 6.45) is 90.0. The predicted molar refractivity (Wildman–Crippen MR) is 344 cm³/mol. The molecule has 0 aromatic carbocycles. The molecule has 0 N–H and O–H groups in total. The topological polar surface area (TPSA) is 78.9 Å². The third-order valence-electron chi connectivity index (χ3n) is 14.6. The molecule has 6 nitrogen and oxygen atoms in total. The van der Waals surface area contributed by atoms with Crippen molar-refractivity contribution < 1.29 is 28.6 Å². The first-order valence-corrected chi connectivity index (χ1v) is 33.7. The standard InChI is InChI=1S/C73H126O6/c1-4-7-10-13-16-19-22-24-26-28-29-30-31-32-33-34-35-36-37-38-39-40-41-42-43-45-46-48-51-54-57-60-63-66-72(75)78-69-70(68-77-71(74)65-62-59-56-53-50-21-18-15-12-9-6-3)79-73(76)67-64-61-58-55-52-49-47-44-27-25-23-20-17-14-11-8-5-2/h7,10,16,19,24,26,29-30,32-33,35-36,38-39,41-42,70H,4-6,8-9,11-15,17-18,20-23,25,27-28,31,34,37,40,43-69H2,1-3H3/b10-7-,19-16-,26-24-,30-29-,33-32-,36-35-,39-38-,42-41-. The van der Waals surface area contributed by atoms with Crippen LogP contribution in [0.3, 0.4) is 0 Å². The average molecular weight is 1100 g/mol. The first-order valence-electron chi connectivity index (χ1n) is 33.7. The second kappa shape index (κ2) is 66.8. The molecule has 0 saturated heterocycles. The molecule has 0 bridgehead atoms. The van der Waals surface area contributed by atoms with Crippen LogP contribution in [0.1, 0.15) is 329 Å². The highest BCUT2D eigenvalue weighted by Crippen LogP contribution is 2.17. The zero-order chi connectivity index (χ0) is 57.1. The van der Waals surface area contributed by atoms with E-state index >= 15 is 0 Å². The molecule has 0 amide bonds. The molecule has 79 heavy (non-hydrogen) atoms. The minimum atomic E-state index is -0.777. The third-order valence-corrected chi connectivity index (χ3v) is 14.6. The lowest BCUT2D eigenvalue weighted by atomic mass is 10.0. The van der Waals surface area contributed by atoms with Gasteiger partial charge in [-0.2, -0.15) is 0 Å².